The predicted molar refractivity (Wildman–Crippen MR) is 88.6 cm³/mol. The average Bonchev–Trinajstić information content (AvgIpc) is 2.94. The number of benzene rings is 1. The van der Waals surface area contributed by atoms with Gasteiger partial charge in [-0.2, -0.15) is 0 Å². The molecular formula is C15H19N3OS2. The van der Waals surface area contributed by atoms with Crippen LogP contribution in [0.25, 0.3) is 0 Å². The van der Waals surface area contributed by atoms with E-state index in [1.807, 2.05) is 25.1 Å². The minimum atomic E-state index is 0.0149. The summed E-state index contributed by atoms with van der Waals surface area (Å²) in [6.45, 7) is 4.01. The first-order valence-corrected chi connectivity index (χ1v) is 8.80. The van der Waals surface area contributed by atoms with Crippen molar-refractivity contribution in [1.82, 2.24) is 10.2 Å². The maximum atomic E-state index is 11.9. The quantitative estimate of drug-likeness (QED) is 0.776. The Kier molecular flexibility index (Phi) is 6.20. The molecule has 2 aromatic rings. The van der Waals surface area contributed by atoms with E-state index < -0.39 is 0 Å². The minimum Gasteiger partial charge on any atom is -0.300 e. The number of rotatable bonds is 7. The topological polar surface area (TPSA) is 54.9 Å². The van der Waals surface area contributed by atoms with Gasteiger partial charge in [-0.25, -0.2) is 0 Å². The fourth-order valence-electron chi connectivity index (χ4n) is 1.82. The molecule has 0 saturated heterocycles. The van der Waals surface area contributed by atoms with E-state index in [1.54, 1.807) is 11.8 Å². The fourth-order valence-corrected chi connectivity index (χ4v) is 3.46. The smallest absolute Gasteiger partial charge is 0.229 e. The van der Waals surface area contributed by atoms with Gasteiger partial charge in [0.1, 0.15) is 5.01 Å². The van der Waals surface area contributed by atoms with Crippen molar-refractivity contribution in [2.45, 2.75) is 37.3 Å². The van der Waals surface area contributed by atoms with Crippen LogP contribution >= 0.6 is 23.1 Å². The number of nitrogens with one attached hydrogen (secondary N) is 1. The monoisotopic (exact) mass is 321 g/mol. The number of aromatic nitrogens is 2. The average molecular weight is 321 g/mol. The largest absolute Gasteiger partial charge is 0.300 e. The third-order valence-corrected chi connectivity index (χ3v) is 5.02. The van der Waals surface area contributed by atoms with Gasteiger partial charge in [-0.15, -0.1) is 22.0 Å². The summed E-state index contributed by atoms with van der Waals surface area (Å²) in [5, 5.41) is 12.5. The van der Waals surface area contributed by atoms with Crippen LogP contribution in [0, 0.1) is 5.92 Å². The number of thioether (sulfide) groups is 1. The Morgan fingerprint density at radius 2 is 2.10 bits per heavy atom. The number of carbonyl (C=O) groups is 1. The molecule has 0 saturated carbocycles. The molecule has 0 aliphatic carbocycles. The number of nitrogens with zero attached hydrogens (tertiary/aromatic N) is 2. The van der Waals surface area contributed by atoms with E-state index in [0.717, 1.165) is 23.6 Å². The van der Waals surface area contributed by atoms with E-state index in [2.05, 4.69) is 34.6 Å². The summed E-state index contributed by atoms with van der Waals surface area (Å²) in [5.41, 5.74) is 0. The molecule has 1 N–H and O–H groups in total. The zero-order valence-corrected chi connectivity index (χ0v) is 13.8. The van der Waals surface area contributed by atoms with E-state index in [0.29, 0.717) is 5.13 Å². The molecule has 0 aliphatic heterocycles. The Balaban J connectivity index is 1.85. The number of hydrogen-bond donors (Lipinski definition) is 1. The second-order valence-electron chi connectivity index (χ2n) is 4.78. The maximum absolute atomic E-state index is 11.9. The van der Waals surface area contributed by atoms with Gasteiger partial charge in [-0.3, -0.25) is 4.79 Å². The summed E-state index contributed by atoms with van der Waals surface area (Å²) < 4.78 is 0. The molecule has 0 unspecified atom stereocenters. The fraction of sp³-hybridized carbons (Fsp3) is 0.400. The van der Waals surface area contributed by atoms with Gasteiger partial charge in [0.15, 0.2) is 0 Å². The molecule has 1 atom stereocenters. The van der Waals surface area contributed by atoms with Crippen LogP contribution in [0.2, 0.25) is 0 Å². The minimum absolute atomic E-state index is 0.0149. The molecule has 1 aromatic carbocycles. The SMILES string of the molecule is CCC[C@@H](C)C(=O)Nc1nnc(CSc2ccccc2)s1. The molecule has 0 aliphatic rings. The summed E-state index contributed by atoms with van der Waals surface area (Å²) in [6, 6.07) is 10.2. The lowest BCUT2D eigenvalue weighted by Gasteiger charge is -2.07. The van der Waals surface area contributed by atoms with Gasteiger partial charge in [0.05, 0.1) is 5.75 Å². The van der Waals surface area contributed by atoms with Crippen molar-refractivity contribution in [1.29, 1.82) is 0 Å². The Morgan fingerprint density at radius 3 is 2.81 bits per heavy atom. The predicted octanol–water partition coefficient (Wildman–Crippen LogP) is 4.21. The molecule has 0 radical (unpaired) electrons. The van der Waals surface area contributed by atoms with E-state index >= 15 is 0 Å². The summed E-state index contributed by atoms with van der Waals surface area (Å²) in [5.74, 6) is 0.804. The van der Waals surface area contributed by atoms with Gasteiger partial charge in [0.25, 0.3) is 0 Å². The first kappa shape index (κ1) is 16.0. The first-order valence-electron chi connectivity index (χ1n) is 7.00. The van der Waals surface area contributed by atoms with Crippen LogP contribution < -0.4 is 5.32 Å². The lowest BCUT2D eigenvalue weighted by Crippen LogP contribution is -2.20. The van der Waals surface area contributed by atoms with Crippen LogP contribution in [0.15, 0.2) is 35.2 Å². The van der Waals surface area contributed by atoms with Gasteiger partial charge in [0, 0.05) is 10.8 Å². The number of anilines is 1. The second kappa shape index (κ2) is 8.14. The van der Waals surface area contributed by atoms with Gasteiger partial charge < -0.3 is 5.32 Å². The zero-order chi connectivity index (χ0) is 15.1. The normalized spacial score (nSPS) is 12.1. The van der Waals surface area contributed by atoms with E-state index in [-0.39, 0.29) is 11.8 Å². The molecular weight excluding hydrogens is 302 g/mol. The van der Waals surface area contributed by atoms with E-state index in [1.165, 1.54) is 16.2 Å². The lowest BCUT2D eigenvalue weighted by molar-refractivity contribution is -0.119. The van der Waals surface area contributed by atoms with Crippen molar-refractivity contribution in [3.63, 3.8) is 0 Å². The molecule has 6 heteroatoms. The highest BCUT2D eigenvalue weighted by Gasteiger charge is 2.14. The Labute approximate surface area is 133 Å². The van der Waals surface area contributed by atoms with Gasteiger partial charge >= 0.3 is 0 Å². The Hall–Kier alpha value is -1.40. The number of amides is 1. The highest BCUT2D eigenvalue weighted by Crippen LogP contribution is 2.25. The van der Waals surface area contributed by atoms with Crippen LogP contribution in [-0.4, -0.2) is 16.1 Å². The van der Waals surface area contributed by atoms with Gasteiger partial charge in [0.2, 0.25) is 11.0 Å². The maximum Gasteiger partial charge on any atom is 0.229 e. The van der Waals surface area contributed by atoms with Crippen LogP contribution in [0.4, 0.5) is 5.13 Å². The van der Waals surface area contributed by atoms with Crippen LogP contribution in [0.5, 0.6) is 0 Å². The van der Waals surface area contributed by atoms with Crippen LogP contribution in [0.3, 0.4) is 0 Å². The Morgan fingerprint density at radius 1 is 1.33 bits per heavy atom. The van der Waals surface area contributed by atoms with Gasteiger partial charge in [-0.05, 0) is 18.6 Å². The highest BCUT2D eigenvalue weighted by atomic mass is 32.2. The first-order chi connectivity index (χ1) is 10.2. The van der Waals surface area contributed by atoms with E-state index in [9.17, 15) is 4.79 Å². The number of carbonyl (C=O) groups excluding carboxylic acids is 1. The molecule has 1 amide bonds. The third kappa shape index (κ3) is 5.13. The Bertz CT molecular complexity index is 571. The van der Waals surface area contributed by atoms with Crippen molar-refractivity contribution < 1.29 is 4.79 Å². The molecule has 4 nitrogen and oxygen atoms in total. The third-order valence-electron chi connectivity index (χ3n) is 2.97. The summed E-state index contributed by atoms with van der Waals surface area (Å²) in [6.07, 6.45) is 1.89. The standard InChI is InChI=1S/C15H19N3OS2/c1-3-7-11(2)14(19)16-15-18-17-13(21-15)10-20-12-8-5-4-6-9-12/h4-6,8-9,11H,3,7,10H2,1-2H3,(H,16,18,19)/t11-/m1/s1. The molecule has 1 heterocycles. The molecule has 0 spiro atoms. The number of hydrogen-bond acceptors (Lipinski definition) is 5. The van der Waals surface area contributed by atoms with Crippen molar-refractivity contribution >= 4 is 34.1 Å². The summed E-state index contributed by atoms with van der Waals surface area (Å²) in [7, 11) is 0. The molecule has 21 heavy (non-hydrogen) atoms. The van der Waals surface area contributed by atoms with Crippen molar-refractivity contribution in [3.8, 4) is 0 Å². The van der Waals surface area contributed by atoms with Crippen molar-refractivity contribution in [2.75, 3.05) is 5.32 Å². The molecule has 2 rings (SSSR count). The molecule has 1 aromatic heterocycles. The van der Waals surface area contributed by atoms with Crippen molar-refractivity contribution in [3.05, 3.63) is 35.3 Å². The zero-order valence-electron chi connectivity index (χ0n) is 12.2. The lowest BCUT2D eigenvalue weighted by atomic mass is 10.1. The second-order valence-corrected chi connectivity index (χ2v) is 6.89. The van der Waals surface area contributed by atoms with Crippen LogP contribution in [-0.2, 0) is 10.5 Å². The highest BCUT2D eigenvalue weighted by molar-refractivity contribution is 7.98. The van der Waals surface area contributed by atoms with E-state index in [4.69, 9.17) is 0 Å². The molecule has 0 fully saturated rings. The van der Waals surface area contributed by atoms with Crippen molar-refractivity contribution in [2.24, 2.45) is 5.92 Å². The van der Waals surface area contributed by atoms with Crippen LogP contribution in [0.1, 0.15) is 31.7 Å². The summed E-state index contributed by atoms with van der Waals surface area (Å²) >= 11 is 3.16. The van der Waals surface area contributed by atoms with Gasteiger partial charge in [-0.1, -0.05) is 49.8 Å². The molecule has 112 valence electrons. The molecule has 0 bridgehead atoms. The summed E-state index contributed by atoms with van der Waals surface area (Å²) in [4.78, 5) is 13.1.